The zero-order valence-electron chi connectivity index (χ0n) is 16.8. The number of aryl methyl sites for hydroxylation is 3. The van der Waals surface area contributed by atoms with Gasteiger partial charge in [0, 0.05) is 25.8 Å². The van der Waals surface area contributed by atoms with Gasteiger partial charge < -0.3 is 10.2 Å². The minimum absolute atomic E-state index is 0.649. The third-order valence-electron chi connectivity index (χ3n) is 5.50. The lowest BCUT2D eigenvalue weighted by atomic mass is 9.92. The number of anilines is 3. The molecule has 0 amide bonds. The lowest BCUT2D eigenvalue weighted by Gasteiger charge is -2.35. The second-order valence-electron chi connectivity index (χ2n) is 8.15. The first kappa shape index (κ1) is 17.8. The molecule has 6 nitrogen and oxygen atoms in total. The van der Waals surface area contributed by atoms with Gasteiger partial charge in [-0.1, -0.05) is 19.9 Å². The Balaban J connectivity index is 1.76. The lowest BCUT2D eigenvalue weighted by Crippen LogP contribution is -2.39. The third kappa shape index (κ3) is 3.48. The third-order valence-corrected chi connectivity index (χ3v) is 5.50. The average molecular weight is 364 g/mol. The van der Waals surface area contributed by atoms with E-state index in [0.29, 0.717) is 11.8 Å². The molecule has 3 heterocycles. The molecule has 0 unspecified atom stereocenters. The molecule has 6 heteroatoms. The monoisotopic (exact) mass is 364 g/mol. The molecular weight excluding hydrogens is 336 g/mol. The van der Waals surface area contributed by atoms with Crippen molar-refractivity contribution in [3.05, 3.63) is 35.5 Å². The smallest absolute Gasteiger partial charge is 0.229 e. The number of hydrogen-bond donors (Lipinski definition) is 1. The van der Waals surface area contributed by atoms with Crippen LogP contribution >= 0.6 is 0 Å². The van der Waals surface area contributed by atoms with Crippen molar-refractivity contribution in [2.75, 3.05) is 23.3 Å². The standard InChI is InChI=1S/C21H28N6/c1-13-8-14(2)12-27(11-13)21-24-19(18-10-22-26(5)20(18)25-21)23-17-7-6-15(3)16(4)9-17/h6-7,9-10,13-14H,8,11-12H2,1-5H3,(H,23,24,25)/t13-,14-/m0/s1. The summed E-state index contributed by atoms with van der Waals surface area (Å²) in [5.41, 5.74) is 4.44. The van der Waals surface area contributed by atoms with Crippen LogP contribution in [-0.4, -0.2) is 32.8 Å². The Hall–Kier alpha value is -2.63. The van der Waals surface area contributed by atoms with Crippen molar-refractivity contribution in [1.29, 1.82) is 0 Å². The molecule has 2 atom stereocenters. The Morgan fingerprint density at radius 2 is 1.78 bits per heavy atom. The van der Waals surface area contributed by atoms with Gasteiger partial charge in [-0.25, -0.2) is 0 Å². The molecule has 0 aliphatic carbocycles. The fourth-order valence-electron chi connectivity index (χ4n) is 4.03. The van der Waals surface area contributed by atoms with Gasteiger partial charge in [0.1, 0.15) is 5.82 Å². The van der Waals surface area contributed by atoms with Crippen LogP contribution in [0.25, 0.3) is 11.0 Å². The minimum Gasteiger partial charge on any atom is -0.340 e. The van der Waals surface area contributed by atoms with Crippen LogP contribution in [0.15, 0.2) is 24.4 Å². The summed E-state index contributed by atoms with van der Waals surface area (Å²) in [6.07, 6.45) is 3.10. The Bertz CT molecular complexity index is 966. The molecule has 2 aromatic heterocycles. The molecule has 1 aromatic carbocycles. The van der Waals surface area contributed by atoms with Gasteiger partial charge in [-0.2, -0.15) is 15.1 Å². The molecule has 4 rings (SSSR count). The first-order chi connectivity index (χ1) is 12.9. The van der Waals surface area contributed by atoms with E-state index in [1.54, 1.807) is 0 Å². The topological polar surface area (TPSA) is 58.9 Å². The molecule has 1 saturated heterocycles. The van der Waals surface area contributed by atoms with Crippen molar-refractivity contribution in [1.82, 2.24) is 19.7 Å². The summed E-state index contributed by atoms with van der Waals surface area (Å²) in [4.78, 5) is 12.1. The fourth-order valence-corrected chi connectivity index (χ4v) is 4.03. The first-order valence-electron chi connectivity index (χ1n) is 9.69. The number of rotatable bonds is 3. The number of hydrogen-bond acceptors (Lipinski definition) is 5. The lowest BCUT2D eigenvalue weighted by molar-refractivity contribution is 0.354. The largest absolute Gasteiger partial charge is 0.340 e. The van der Waals surface area contributed by atoms with E-state index in [-0.39, 0.29) is 0 Å². The Morgan fingerprint density at radius 3 is 2.48 bits per heavy atom. The Labute approximate surface area is 160 Å². The summed E-state index contributed by atoms with van der Waals surface area (Å²) in [5.74, 6) is 2.90. The van der Waals surface area contributed by atoms with E-state index in [1.165, 1.54) is 17.5 Å². The van der Waals surface area contributed by atoms with Gasteiger partial charge in [0.25, 0.3) is 0 Å². The van der Waals surface area contributed by atoms with Gasteiger partial charge >= 0.3 is 0 Å². The van der Waals surface area contributed by atoms with Crippen molar-refractivity contribution in [2.24, 2.45) is 18.9 Å². The predicted octanol–water partition coefficient (Wildman–Crippen LogP) is 4.21. The molecule has 27 heavy (non-hydrogen) atoms. The maximum atomic E-state index is 4.90. The van der Waals surface area contributed by atoms with Crippen molar-refractivity contribution < 1.29 is 0 Å². The molecule has 3 aromatic rings. The predicted molar refractivity (Wildman–Crippen MR) is 111 cm³/mol. The summed E-state index contributed by atoms with van der Waals surface area (Å²) in [6, 6.07) is 6.38. The molecule has 1 aliphatic heterocycles. The maximum Gasteiger partial charge on any atom is 0.229 e. The first-order valence-corrected chi connectivity index (χ1v) is 9.69. The molecular formula is C21H28N6. The van der Waals surface area contributed by atoms with Crippen LogP contribution in [0.1, 0.15) is 31.4 Å². The highest BCUT2D eigenvalue weighted by Crippen LogP contribution is 2.29. The van der Waals surface area contributed by atoms with Gasteiger partial charge in [0.15, 0.2) is 5.65 Å². The second-order valence-corrected chi connectivity index (χ2v) is 8.15. The highest BCUT2D eigenvalue weighted by Gasteiger charge is 2.25. The Kier molecular flexibility index (Phi) is 4.50. The molecule has 1 N–H and O–H groups in total. The van der Waals surface area contributed by atoms with Crippen molar-refractivity contribution >= 4 is 28.5 Å². The van der Waals surface area contributed by atoms with Crippen LogP contribution in [0.5, 0.6) is 0 Å². The van der Waals surface area contributed by atoms with Gasteiger partial charge in [0.2, 0.25) is 5.95 Å². The molecule has 0 bridgehead atoms. The highest BCUT2D eigenvalue weighted by atomic mass is 15.3. The number of benzene rings is 1. The molecule has 0 spiro atoms. The van der Waals surface area contributed by atoms with Crippen LogP contribution in [0.3, 0.4) is 0 Å². The molecule has 0 saturated carbocycles. The van der Waals surface area contributed by atoms with Crippen LogP contribution in [0.2, 0.25) is 0 Å². The highest BCUT2D eigenvalue weighted by molar-refractivity contribution is 5.89. The van der Waals surface area contributed by atoms with Gasteiger partial charge in [-0.05, 0) is 55.4 Å². The summed E-state index contributed by atoms with van der Waals surface area (Å²) in [5, 5.41) is 8.84. The molecule has 0 radical (unpaired) electrons. The molecule has 1 fully saturated rings. The normalized spacial score (nSPS) is 20.3. The van der Waals surface area contributed by atoms with Gasteiger partial charge in [-0.3, -0.25) is 4.68 Å². The fraction of sp³-hybridized carbons (Fsp3) is 0.476. The van der Waals surface area contributed by atoms with Crippen LogP contribution in [0.4, 0.5) is 17.5 Å². The van der Waals surface area contributed by atoms with E-state index in [0.717, 1.165) is 41.6 Å². The number of piperidine rings is 1. The van der Waals surface area contributed by atoms with Crippen LogP contribution in [-0.2, 0) is 7.05 Å². The van der Waals surface area contributed by atoms with E-state index in [9.17, 15) is 0 Å². The molecule has 1 aliphatic rings. The van der Waals surface area contributed by atoms with Crippen molar-refractivity contribution in [2.45, 2.75) is 34.1 Å². The zero-order chi connectivity index (χ0) is 19.1. The van der Waals surface area contributed by atoms with Gasteiger partial charge in [-0.15, -0.1) is 0 Å². The van der Waals surface area contributed by atoms with Crippen LogP contribution < -0.4 is 10.2 Å². The average Bonchev–Trinajstić information content (AvgIpc) is 2.99. The minimum atomic E-state index is 0.649. The van der Waals surface area contributed by atoms with Crippen LogP contribution in [0, 0.1) is 25.7 Å². The quantitative estimate of drug-likeness (QED) is 0.754. The van der Waals surface area contributed by atoms with E-state index >= 15 is 0 Å². The van der Waals surface area contributed by atoms with E-state index < -0.39 is 0 Å². The summed E-state index contributed by atoms with van der Waals surface area (Å²) < 4.78 is 1.82. The van der Waals surface area contributed by atoms with E-state index in [1.807, 2.05) is 17.9 Å². The number of fused-ring (bicyclic) bond motifs is 1. The van der Waals surface area contributed by atoms with Gasteiger partial charge in [0.05, 0.1) is 11.6 Å². The second kappa shape index (κ2) is 6.83. The molecule has 142 valence electrons. The number of nitrogens with zero attached hydrogens (tertiary/aromatic N) is 5. The number of aromatic nitrogens is 4. The zero-order valence-corrected chi connectivity index (χ0v) is 16.8. The van der Waals surface area contributed by atoms with E-state index in [2.05, 4.69) is 61.2 Å². The summed E-state index contributed by atoms with van der Waals surface area (Å²) in [7, 11) is 1.93. The number of nitrogens with one attached hydrogen (secondary N) is 1. The van der Waals surface area contributed by atoms with Crippen molar-refractivity contribution in [3.8, 4) is 0 Å². The summed E-state index contributed by atoms with van der Waals surface area (Å²) in [6.45, 7) is 10.9. The van der Waals surface area contributed by atoms with Crippen molar-refractivity contribution in [3.63, 3.8) is 0 Å². The maximum absolute atomic E-state index is 4.90. The Morgan fingerprint density at radius 1 is 1.04 bits per heavy atom. The van der Waals surface area contributed by atoms with E-state index in [4.69, 9.17) is 9.97 Å². The SMILES string of the molecule is Cc1ccc(Nc2nc(N3C[C@@H](C)C[C@H](C)C3)nc3c2cnn3C)cc1C. The summed E-state index contributed by atoms with van der Waals surface area (Å²) >= 11 is 0.